The van der Waals surface area contributed by atoms with Gasteiger partial charge in [-0.25, -0.2) is 0 Å². The molecule has 0 radical (unpaired) electrons. The first kappa shape index (κ1) is 14.0. The van der Waals surface area contributed by atoms with Crippen molar-refractivity contribution >= 4 is 5.69 Å². The normalized spacial score (nSPS) is 12.9. The van der Waals surface area contributed by atoms with Crippen LogP contribution in [0.3, 0.4) is 0 Å². The zero-order chi connectivity index (χ0) is 12.7. The molecule has 0 aliphatic heterocycles. The van der Waals surface area contributed by atoms with Crippen molar-refractivity contribution in [1.82, 2.24) is 10.2 Å². The molecule has 1 rings (SSSR count). The van der Waals surface area contributed by atoms with Crippen LogP contribution in [0.1, 0.15) is 26.3 Å². The maximum atomic E-state index is 5.91. The minimum atomic E-state index is 0.481. The van der Waals surface area contributed by atoms with Crippen LogP contribution in [0.2, 0.25) is 0 Å². The van der Waals surface area contributed by atoms with Gasteiger partial charge in [-0.1, -0.05) is 32.0 Å². The molecule has 1 atom stereocenters. The Balaban J connectivity index is 2.38. The summed E-state index contributed by atoms with van der Waals surface area (Å²) in [6.45, 7) is 10.8. The van der Waals surface area contributed by atoms with Gasteiger partial charge in [0.05, 0.1) is 0 Å². The van der Waals surface area contributed by atoms with E-state index in [1.165, 1.54) is 5.56 Å². The lowest BCUT2D eigenvalue weighted by Gasteiger charge is -2.23. The first-order valence-electron chi connectivity index (χ1n) is 6.46. The Kier molecular flexibility index (Phi) is 6.01. The summed E-state index contributed by atoms with van der Waals surface area (Å²) in [5.41, 5.74) is 7.96. The van der Waals surface area contributed by atoms with E-state index in [-0.39, 0.29) is 0 Å². The van der Waals surface area contributed by atoms with E-state index in [0.717, 1.165) is 31.9 Å². The molecule has 96 valence electrons. The Morgan fingerprint density at radius 3 is 2.47 bits per heavy atom. The Hall–Kier alpha value is -1.06. The summed E-state index contributed by atoms with van der Waals surface area (Å²) in [6, 6.07) is 8.51. The number of para-hydroxylation sites is 1. The molecule has 3 nitrogen and oxygen atoms in total. The van der Waals surface area contributed by atoms with Gasteiger partial charge in [0.2, 0.25) is 0 Å². The molecule has 0 saturated heterocycles. The van der Waals surface area contributed by atoms with Crippen molar-refractivity contribution in [2.45, 2.75) is 33.4 Å². The van der Waals surface area contributed by atoms with Crippen molar-refractivity contribution in [3.63, 3.8) is 0 Å². The van der Waals surface area contributed by atoms with Crippen molar-refractivity contribution in [3.05, 3.63) is 29.8 Å². The van der Waals surface area contributed by atoms with Gasteiger partial charge in [0.1, 0.15) is 0 Å². The minimum absolute atomic E-state index is 0.481. The van der Waals surface area contributed by atoms with Crippen LogP contribution < -0.4 is 11.1 Å². The van der Waals surface area contributed by atoms with Gasteiger partial charge in [-0.2, -0.15) is 0 Å². The average molecular weight is 235 g/mol. The number of anilines is 1. The molecular formula is C14H25N3. The van der Waals surface area contributed by atoms with E-state index in [0.29, 0.717) is 6.04 Å². The largest absolute Gasteiger partial charge is 0.398 e. The zero-order valence-corrected chi connectivity index (χ0v) is 11.2. The number of nitrogen functional groups attached to an aromatic ring is 1. The maximum Gasteiger partial charge on any atom is 0.0359 e. The molecule has 0 aliphatic carbocycles. The van der Waals surface area contributed by atoms with E-state index >= 15 is 0 Å². The van der Waals surface area contributed by atoms with Gasteiger partial charge < -0.3 is 16.0 Å². The molecule has 0 spiro atoms. The topological polar surface area (TPSA) is 41.3 Å². The first-order valence-corrected chi connectivity index (χ1v) is 6.46. The van der Waals surface area contributed by atoms with Crippen molar-refractivity contribution < 1.29 is 0 Å². The molecule has 0 fully saturated rings. The van der Waals surface area contributed by atoms with E-state index in [2.05, 4.69) is 37.1 Å². The highest BCUT2D eigenvalue weighted by molar-refractivity contribution is 5.46. The fourth-order valence-corrected chi connectivity index (χ4v) is 1.91. The second-order valence-electron chi connectivity index (χ2n) is 4.47. The van der Waals surface area contributed by atoms with Gasteiger partial charge in [-0.15, -0.1) is 0 Å². The van der Waals surface area contributed by atoms with Crippen LogP contribution >= 0.6 is 0 Å². The summed E-state index contributed by atoms with van der Waals surface area (Å²) in [6.07, 6.45) is 0. The van der Waals surface area contributed by atoms with Crippen LogP contribution in [0.4, 0.5) is 5.69 Å². The quantitative estimate of drug-likeness (QED) is 0.711. The first-order chi connectivity index (χ1) is 8.17. The third kappa shape index (κ3) is 4.75. The number of nitrogens with two attached hydrogens (primary N) is 1. The fraction of sp³-hybridized carbons (Fsp3) is 0.571. The minimum Gasteiger partial charge on any atom is -0.398 e. The lowest BCUT2D eigenvalue weighted by molar-refractivity contribution is 0.271. The van der Waals surface area contributed by atoms with Crippen LogP contribution in [-0.2, 0) is 6.54 Å². The molecule has 0 heterocycles. The number of likely N-dealkylation sites (N-methyl/N-ethyl adjacent to an activating group) is 1. The highest BCUT2D eigenvalue weighted by Crippen LogP contribution is 2.09. The predicted molar refractivity (Wildman–Crippen MR) is 74.9 cm³/mol. The van der Waals surface area contributed by atoms with E-state index in [9.17, 15) is 0 Å². The van der Waals surface area contributed by atoms with E-state index in [1.807, 2.05) is 18.2 Å². The Labute approximate surface area is 105 Å². The molecule has 1 aromatic carbocycles. The van der Waals surface area contributed by atoms with Gasteiger partial charge >= 0.3 is 0 Å². The van der Waals surface area contributed by atoms with Crippen molar-refractivity contribution in [2.24, 2.45) is 0 Å². The third-order valence-corrected chi connectivity index (χ3v) is 3.12. The van der Waals surface area contributed by atoms with Crippen LogP contribution in [0.25, 0.3) is 0 Å². The molecule has 1 aromatic rings. The van der Waals surface area contributed by atoms with Crippen molar-refractivity contribution in [2.75, 3.05) is 25.4 Å². The molecular weight excluding hydrogens is 210 g/mol. The van der Waals surface area contributed by atoms with Gasteiger partial charge in [-0.3, -0.25) is 0 Å². The number of hydrogen-bond donors (Lipinski definition) is 2. The SMILES string of the molecule is CCN(CC)CC(C)NCc1ccccc1N. The molecule has 0 aliphatic rings. The number of benzene rings is 1. The molecule has 1 unspecified atom stereocenters. The fourth-order valence-electron chi connectivity index (χ4n) is 1.91. The second-order valence-corrected chi connectivity index (χ2v) is 4.47. The number of nitrogens with one attached hydrogen (secondary N) is 1. The number of hydrogen-bond acceptors (Lipinski definition) is 3. The summed E-state index contributed by atoms with van der Waals surface area (Å²) in [4.78, 5) is 2.42. The Morgan fingerprint density at radius 1 is 1.24 bits per heavy atom. The zero-order valence-electron chi connectivity index (χ0n) is 11.2. The van der Waals surface area contributed by atoms with Crippen LogP contribution in [-0.4, -0.2) is 30.6 Å². The van der Waals surface area contributed by atoms with E-state index < -0.39 is 0 Å². The summed E-state index contributed by atoms with van der Waals surface area (Å²) in [5.74, 6) is 0. The van der Waals surface area contributed by atoms with Gasteiger partial charge in [-0.05, 0) is 31.6 Å². The lowest BCUT2D eigenvalue weighted by atomic mass is 10.1. The molecule has 0 aromatic heterocycles. The summed E-state index contributed by atoms with van der Waals surface area (Å²) in [5, 5.41) is 3.52. The summed E-state index contributed by atoms with van der Waals surface area (Å²) < 4.78 is 0. The van der Waals surface area contributed by atoms with Crippen molar-refractivity contribution in [1.29, 1.82) is 0 Å². The van der Waals surface area contributed by atoms with E-state index in [1.54, 1.807) is 0 Å². The van der Waals surface area contributed by atoms with Crippen LogP contribution in [0, 0.1) is 0 Å². The Morgan fingerprint density at radius 2 is 1.88 bits per heavy atom. The van der Waals surface area contributed by atoms with Crippen LogP contribution in [0.5, 0.6) is 0 Å². The molecule has 0 saturated carbocycles. The average Bonchev–Trinajstić information content (AvgIpc) is 2.35. The van der Waals surface area contributed by atoms with Crippen molar-refractivity contribution in [3.8, 4) is 0 Å². The van der Waals surface area contributed by atoms with Gasteiger partial charge in [0.15, 0.2) is 0 Å². The molecule has 3 N–H and O–H groups in total. The molecule has 0 bridgehead atoms. The van der Waals surface area contributed by atoms with Crippen LogP contribution in [0.15, 0.2) is 24.3 Å². The number of rotatable bonds is 7. The standard InChI is InChI=1S/C14H25N3/c1-4-17(5-2)11-12(3)16-10-13-8-6-7-9-14(13)15/h6-9,12,16H,4-5,10-11,15H2,1-3H3. The number of nitrogens with zero attached hydrogens (tertiary/aromatic N) is 1. The summed E-state index contributed by atoms with van der Waals surface area (Å²) >= 11 is 0. The highest BCUT2D eigenvalue weighted by Gasteiger charge is 2.07. The lowest BCUT2D eigenvalue weighted by Crippen LogP contribution is -2.38. The van der Waals surface area contributed by atoms with Gasteiger partial charge in [0, 0.05) is 24.8 Å². The smallest absolute Gasteiger partial charge is 0.0359 e. The monoisotopic (exact) mass is 235 g/mol. The third-order valence-electron chi connectivity index (χ3n) is 3.12. The molecule has 3 heteroatoms. The Bertz CT molecular complexity index is 321. The predicted octanol–water partition coefficient (Wildman–Crippen LogP) is 2.09. The highest BCUT2D eigenvalue weighted by atomic mass is 15.1. The molecule has 0 amide bonds. The van der Waals surface area contributed by atoms with Gasteiger partial charge in [0.25, 0.3) is 0 Å². The molecule has 17 heavy (non-hydrogen) atoms. The summed E-state index contributed by atoms with van der Waals surface area (Å²) in [7, 11) is 0. The maximum absolute atomic E-state index is 5.91. The second kappa shape index (κ2) is 7.30. The van der Waals surface area contributed by atoms with E-state index in [4.69, 9.17) is 5.73 Å².